The molecule has 1 rings (SSSR count). The first-order valence-electron chi connectivity index (χ1n) is 4.89. The topological polar surface area (TPSA) is 78.7 Å². The third-order valence-corrected chi connectivity index (χ3v) is 1.78. The highest BCUT2D eigenvalue weighted by atomic mass is 17.0. The van der Waals surface area contributed by atoms with Crippen molar-refractivity contribution in [3.63, 3.8) is 0 Å². The molecule has 0 unspecified atom stereocenters. The molecule has 6 nitrogen and oxygen atoms in total. The summed E-state index contributed by atoms with van der Waals surface area (Å²) < 4.78 is 5.31. The van der Waals surface area contributed by atoms with Gasteiger partial charge in [-0.2, -0.15) is 0 Å². The molecule has 0 spiro atoms. The Morgan fingerprint density at radius 2 is 2.18 bits per heavy atom. The molecule has 0 bridgehead atoms. The first-order chi connectivity index (χ1) is 8.13. The van der Waals surface area contributed by atoms with Crippen molar-refractivity contribution in [1.29, 1.82) is 0 Å². The quantitative estimate of drug-likeness (QED) is 0.443. The lowest BCUT2D eigenvalue weighted by Gasteiger charge is -2.05. The maximum absolute atomic E-state index is 10.9. The average Bonchev–Trinajstić information content (AvgIpc) is 2.27. The molecule has 1 aromatic rings. The Kier molecular flexibility index (Phi) is 4.68. The van der Waals surface area contributed by atoms with Crippen molar-refractivity contribution < 1.29 is 19.5 Å². The van der Waals surface area contributed by atoms with Crippen molar-refractivity contribution in [3.05, 3.63) is 46.0 Å². The molecule has 0 aliphatic rings. The van der Waals surface area contributed by atoms with Gasteiger partial charge in [-0.1, -0.05) is 18.2 Å². The van der Waals surface area contributed by atoms with Crippen molar-refractivity contribution >= 4 is 12.0 Å². The van der Waals surface area contributed by atoms with Gasteiger partial charge in [0.25, 0.3) is 0 Å². The molecule has 17 heavy (non-hydrogen) atoms. The number of carbonyl (C=O) groups is 1. The van der Waals surface area contributed by atoms with E-state index in [0.29, 0.717) is 17.9 Å². The number of nitrogens with zero attached hydrogens (tertiary/aromatic N) is 1. The van der Waals surface area contributed by atoms with Crippen molar-refractivity contribution in [3.8, 4) is 5.75 Å². The van der Waals surface area contributed by atoms with Gasteiger partial charge in [0.1, 0.15) is 5.75 Å². The monoisotopic (exact) mass is 237 g/mol. The number of benzene rings is 1. The van der Waals surface area contributed by atoms with Crippen molar-refractivity contribution in [2.24, 2.45) is 0 Å². The van der Waals surface area contributed by atoms with Gasteiger partial charge in [-0.25, -0.2) is 4.84 Å². The zero-order chi connectivity index (χ0) is 12.7. The Morgan fingerprint density at radius 3 is 2.82 bits per heavy atom. The Bertz CT molecular complexity index is 441. The lowest BCUT2D eigenvalue weighted by Crippen LogP contribution is -2.06. The minimum Gasteiger partial charge on any atom is -0.493 e. The Labute approximate surface area is 97.6 Å². The molecule has 0 saturated carbocycles. The Balaban J connectivity index is 2.76. The number of hydrogen-bond donors (Lipinski definition) is 0. The Morgan fingerprint density at radius 1 is 1.47 bits per heavy atom. The van der Waals surface area contributed by atoms with Crippen LogP contribution in [0, 0.1) is 10.1 Å². The van der Waals surface area contributed by atoms with Crippen LogP contribution in [-0.2, 0) is 9.63 Å². The SMILES string of the molecule is CCOc1ccccc1C=CC(=O)O[N+](=O)[O-]. The van der Waals surface area contributed by atoms with Gasteiger partial charge in [-0.3, -0.25) is 4.79 Å². The molecule has 0 amide bonds. The van der Waals surface area contributed by atoms with Crippen LogP contribution in [0.15, 0.2) is 30.3 Å². The molecule has 0 heterocycles. The molecular weight excluding hydrogens is 226 g/mol. The van der Waals surface area contributed by atoms with Crippen LogP contribution in [0.4, 0.5) is 0 Å². The fourth-order valence-electron chi connectivity index (χ4n) is 1.17. The molecule has 0 atom stereocenters. The molecule has 0 saturated heterocycles. The second-order valence-corrected chi connectivity index (χ2v) is 2.94. The molecule has 0 aliphatic carbocycles. The predicted octanol–water partition coefficient (Wildman–Crippen LogP) is 1.83. The fraction of sp³-hybridized carbons (Fsp3) is 0.182. The van der Waals surface area contributed by atoms with Crippen LogP contribution in [0.2, 0.25) is 0 Å². The Hall–Kier alpha value is -2.37. The summed E-state index contributed by atoms with van der Waals surface area (Å²) in [5, 5.41) is 8.74. The maximum atomic E-state index is 10.9. The standard InChI is InChI=1S/C11H11NO5/c1-2-16-10-6-4-3-5-9(10)7-8-11(13)17-12(14)15/h3-8H,2H2,1H3. The highest BCUT2D eigenvalue weighted by Crippen LogP contribution is 2.19. The average molecular weight is 237 g/mol. The van der Waals surface area contributed by atoms with E-state index in [1.54, 1.807) is 24.3 Å². The van der Waals surface area contributed by atoms with E-state index in [1.165, 1.54) is 6.08 Å². The number of carbonyl (C=O) groups excluding carboxylic acids is 1. The van der Waals surface area contributed by atoms with Crippen molar-refractivity contribution in [2.75, 3.05) is 6.61 Å². The fourth-order valence-corrected chi connectivity index (χ4v) is 1.17. The van der Waals surface area contributed by atoms with E-state index in [-0.39, 0.29) is 0 Å². The van der Waals surface area contributed by atoms with Gasteiger partial charge in [0.2, 0.25) is 0 Å². The second kappa shape index (κ2) is 6.26. The first-order valence-corrected chi connectivity index (χ1v) is 4.89. The normalized spacial score (nSPS) is 10.2. The smallest absolute Gasteiger partial charge is 0.327 e. The summed E-state index contributed by atoms with van der Waals surface area (Å²) in [4.78, 5) is 24.5. The number of para-hydroxylation sites is 1. The van der Waals surface area contributed by atoms with Crippen molar-refractivity contribution in [1.82, 2.24) is 0 Å². The van der Waals surface area contributed by atoms with Crippen LogP contribution in [0.1, 0.15) is 12.5 Å². The van der Waals surface area contributed by atoms with Crippen LogP contribution in [-0.4, -0.2) is 17.7 Å². The van der Waals surface area contributed by atoms with Gasteiger partial charge < -0.3 is 4.74 Å². The second-order valence-electron chi connectivity index (χ2n) is 2.94. The third-order valence-electron chi connectivity index (χ3n) is 1.78. The van der Waals surface area contributed by atoms with Crippen molar-refractivity contribution in [2.45, 2.75) is 6.92 Å². The minimum atomic E-state index is -1.15. The van der Waals surface area contributed by atoms with E-state index in [0.717, 1.165) is 6.08 Å². The largest absolute Gasteiger partial charge is 0.493 e. The maximum Gasteiger partial charge on any atom is 0.327 e. The summed E-state index contributed by atoms with van der Waals surface area (Å²) in [6.45, 7) is 2.33. The summed E-state index contributed by atoms with van der Waals surface area (Å²) >= 11 is 0. The van der Waals surface area contributed by atoms with Gasteiger partial charge in [0.05, 0.1) is 6.61 Å². The van der Waals surface area contributed by atoms with Crippen LogP contribution in [0.25, 0.3) is 6.08 Å². The van der Waals surface area contributed by atoms with Gasteiger partial charge >= 0.3 is 11.1 Å². The lowest BCUT2D eigenvalue weighted by atomic mass is 10.2. The van der Waals surface area contributed by atoms with E-state index in [1.807, 2.05) is 6.92 Å². The van der Waals surface area contributed by atoms with E-state index >= 15 is 0 Å². The molecule has 0 radical (unpaired) electrons. The minimum absolute atomic E-state index is 0.490. The van der Waals surface area contributed by atoms with E-state index in [4.69, 9.17) is 4.74 Å². The predicted molar refractivity (Wildman–Crippen MR) is 59.7 cm³/mol. The van der Waals surface area contributed by atoms with Gasteiger partial charge in [0, 0.05) is 11.6 Å². The van der Waals surface area contributed by atoms with E-state index in [9.17, 15) is 14.9 Å². The number of rotatable bonds is 5. The van der Waals surface area contributed by atoms with Crippen LogP contribution >= 0.6 is 0 Å². The number of ether oxygens (including phenoxy) is 1. The summed E-state index contributed by atoms with van der Waals surface area (Å²) in [5.41, 5.74) is 0.648. The summed E-state index contributed by atoms with van der Waals surface area (Å²) in [6.07, 6.45) is 2.37. The highest BCUT2D eigenvalue weighted by molar-refractivity contribution is 5.87. The molecular formula is C11H11NO5. The van der Waals surface area contributed by atoms with Gasteiger partial charge in [-0.15, -0.1) is 10.1 Å². The van der Waals surface area contributed by atoms with Crippen LogP contribution in [0.5, 0.6) is 5.75 Å². The zero-order valence-corrected chi connectivity index (χ0v) is 9.16. The van der Waals surface area contributed by atoms with Gasteiger partial charge in [-0.05, 0) is 19.1 Å². The molecule has 90 valence electrons. The summed E-state index contributed by atoms with van der Waals surface area (Å²) in [6, 6.07) is 7.02. The summed E-state index contributed by atoms with van der Waals surface area (Å²) in [5.74, 6) is -0.443. The molecule has 0 fully saturated rings. The van der Waals surface area contributed by atoms with E-state index in [2.05, 4.69) is 4.84 Å². The zero-order valence-electron chi connectivity index (χ0n) is 9.16. The van der Waals surface area contributed by atoms with Gasteiger partial charge in [0.15, 0.2) is 0 Å². The number of hydrogen-bond acceptors (Lipinski definition) is 5. The van der Waals surface area contributed by atoms with Crippen LogP contribution < -0.4 is 4.74 Å². The molecule has 0 aliphatic heterocycles. The molecule has 6 heteroatoms. The summed E-state index contributed by atoms with van der Waals surface area (Å²) in [7, 11) is 0. The molecule has 0 aromatic heterocycles. The van der Waals surface area contributed by atoms with Crippen LogP contribution in [0.3, 0.4) is 0 Å². The lowest BCUT2D eigenvalue weighted by molar-refractivity contribution is -0.728. The first kappa shape index (κ1) is 12.7. The molecule has 1 aromatic carbocycles. The highest BCUT2D eigenvalue weighted by Gasteiger charge is 2.03. The molecule has 0 N–H and O–H groups in total. The third kappa shape index (κ3) is 4.33. The van der Waals surface area contributed by atoms with E-state index < -0.39 is 11.1 Å².